The van der Waals surface area contributed by atoms with Crippen LogP contribution in [-0.2, 0) is 0 Å². The van der Waals surface area contributed by atoms with E-state index >= 15 is 0 Å². The second-order valence-corrected chi connectivity index (χ2v) is 4.69. The highest BCUT2D eigenvalue weighted by Crippen LogP contribution is 2.28. The molecule has 4 heteroatoms. The molecule has 20 heavy (non-hydrogen) atoms. The van der Waals surface area contributed by atoms with E-state index in [4.69, 9.17) is 11.0 Å². The zero-order valence-electron chi connectivity index (χ0n) is 11.3. The van der Waals surface area contributed by atoms with E-state index < -0.39 is 0 Å². The van der Waals surface area contributed by atoms with E-state index in [2.05, 4.69) is 17.9 Å². The van der Waals surface area contributed by atoms with Crippen molar-refractivity contribution in [2.45, 2.75) is 25.3 Å². The third-order valence-electron chi connectivity index (χ3n) is 3.20. The number of benzene rings is 1. The summed E-state index contributed by atoms with van der Waals surface area (Å²) in [6.45, 7) is 0.752. The molecule has 4 nitrogen and oxygen atoms in total. The Balaban J connectivity index is 2.25. The minimum absolute atomic E-state index is 0.0373. The first kappa shape index (κ1) is 14.1. The number of hydrogen-bond donors (Lipinski definition) is 1. The summed E-state index contributed by atoms with van der Waals surface area (Å²) >= 11 is 0. The quantitative estimate of drug-likeness (QED) is 0.841. The molecule has 1 aromatic carbocycles. The zero-order valence-corrected chi connectivity index (χ0v) is 11.3. The van der Waals surface area contributed by atoms with Crippen molar-refractivity contribution in [1.82, 2.24) is 4.90 Å². The summed E-state index contributed by atoms with van der Waals surface area (Å²) in [7, 11) is 0. The average Bonchev–Trinajstić information content (AvgIpc) is 3.30. The molecule has 0 radical (unpaired) electrons. The number of nitrogens with zero attached hydrogens (tertiary/aromatic N) is 2. The smallest absolute Gasteiger partial charge is 0.255 e. The third kappa shape index (κ3) is 3.38. The monoisotopic (exact) mass is 267 g/mol. The summed E-state index contributed by atoms with van der Waals surface area (Å²) in [4.78, 5) is 14.4. The van der Waals surface area contributed by atoms with E-state index in [9.17, 15) is 4.79 Å². The lowest BCUT2D eigenvalue weighted by atomic mass is 10.1. The maximum Gasteiger partial charge on any atom is 0.255 e. The molecule has 2 N–H and O–H groups in total. The first-order valence-corrected chi connectivity index (χ1v) is 6.73. The number of nitrogens with two attached hydrogens (primary N) is 1. The molecule has 0 heterocycles. The van der Waals surface area contributed by atoms with Gasteiger partial charge in [0.25, 0.3) is 5.91 Å². The summed E-state index contributed by atoms with van der Waals surface area (Å²) in [5.41, 5.74) is 6.68. The zero-order chi connectivity index (χ0) is 14.4. The molecule has 1 aliphatic rings. The molecule has 2 rings (SSSR count). The Labute approximate surface area is 119 Å². The van der Waals surface area contributed by atoms with Crippen molar-refractivity contribution in [2.24, 2.45) is 5.73 Å². The molecule has 0 aromatic heterocycles. The van der Waals surface area contributed by atoms with Crippen molar-refractivity contribution in [3.63, 3.8) is 0 Å². The van der Waals surface area contributed by atoms with E-state index in [1.165, 1.54) is 0 Å². The molecular weight excluding hydrogens is 250 g/mol. The lowest BCUT2D eigenvalue weighted by Crippen LogP contribution is -2.34. The van der Waals surface area contributed by atoms with E-state index in [0.29, 0.717) is 24.1 Å². The SMILES string of the molecule is N#CCCN(C(=O)c1ccccc1C#CCN)C1CC1. The van der Waals surface area contributed by atoms with Crippen LogP contribution < -0.4 is 5.73 Å². The summed E-state index contributed by atoms with van der Waals surface area (Å²) in [6.07, 6.45) is 2.40. The summed E-state index contributed by atoms with van der Waals surface area (Å²) < 4.78 is 0. The fourth-order valence-electron chi connectivity index (χ4n) is 2.09. The molecule has 1 saturated carbocycles. The van der Waals surface area contributed by atoms with Crippen molar-refractivity contribution in [3.8, 4) is 17.9 Å². The van der Waals surface area contributed by atoms with Gasteiger partial charge in [0.15, 0.2) is 0 Å². The number of amides is 1. The Bertz CT molecular complexity index is 588. The molecule has 102 valence electrons. The van der Waals surface area contributed by atoms with Crippen LogP contribution in [0.25, 0.3) is 0 Å². The van der Waals surface area contributed by atoms with Crippen molar-refractivity contribution in [1.29, 1.82) is 5.26 Å². The van der Waals surface area contributed by atoms with Gasteiger partial charge in [0.1, 0.15) is 0 Å². The maximum atomic E-state index is 12.6. The van der Waals surface area contributed by atoms with Crippen molar-refractivity contribution < 1.29 is 4.79 Å². The van der Waals surface area contributed by atoms with Gasteiger partial charge in [-0.15, -0.1) is 0 Å². The Morgan fingerprint density at radius 2 is 2.15 bits per heavy atom. The highest BCUT2D eigenvalue weighted by atomic mass is 16.2. The van der Waals surface area contributed by atoms with Crippen molar-refractivity contribution >= 4 is 5.91 Å². The molecule has 0 unspecified atom stereocenters. The predicted octanol–water partition coefficient (Wildman–Crippen LogP) is 1.52. The minimum Gasteiger partial charge on any atom is -0.335 e. The van der Waals surface area contributed by atoms with Gasteiger partial charge >= 0.3 is 0 Å². The van der Waals surface area contributed by atoms with Crippen molar-refractivity contribution in [2.75, 3.05) is 13.1 Å². The first-order chi connectivity index (χ1) is 9.77. The van der Waals surface area contributed by atoms with Crippen LogP contribution in [0.1, 0.15) is 35.2 Å². The van der Waals surface area contributed by atoms with Gasteiger partial charge in [0.2, 0.25) is 0 Å². The molecule has 1 aromatic rings. The fraction of sp³-hybridized carbons (Fsp3) is 0.375. The van der Waals surface area contributed by atoms with Crippen LogP contribution >= 0.6 is 0 Å². The van der Waals surface area contributed by atoms with E-state index in [1.807, 2.05) is 18.2 Å². The van der Waals surface area contributed by atoms with Crippen LogP contribution in [0.2, 0.25) is 0 Å². The van der Waals surface area contributed by atoms with Gasteiger partial charge in [0, 0.05) is 18.2 Å². The molecule has 1 amide bonds. The van der Waals surface area contributed by atoms with Gasteiger partial charge in [0.05, 0.1) is 24.6 Å². The molecule has 1 aliphatic carbocycles. The Hall–Kier alpha value is -2.30. The summed E-state index contributed by atoms with van der Waals surface area (Å²) in [5.74, 6) is 5.68. The van der Waals surface area contributed by atoms with Crippen LogP contribution in [0.5, 0.6) is 0 Å². The third-order valence-corrected chi connectivity index (χ3v) is 3.20. The number of rotatable bonds is 4. The van der Waals surface area contributed by atoms with Crippen LogP contribution in [0.4, 0.5) is 0 Å². The van der Waals surface area contributed by atoms with E-state index in [1.54, 1.807) is 11.0 Å². The molecule has 0 atom stereocenters. The van der Waals surface area contributed by atoms with Gasteiger partial charge in [-0.1, -0.05) is 24.0 Å². The van der Waals surface area contributed by atoms with E-state index in [-0.39, 0.29) is 18.5 Å². The number of hydrogen-bond acceptors (Lipinski definition) is 3. The largest absolute Gasteiger partial charge is 0.335 e. The summed E-state index contributed by atoms with van der Waals surface area (Å²) in [6, 6.07) is 9.67. The van der Waals surface area contributed by atoms with Gasteiger partial charge in [-0.2, -0.15) is 5.26 Å². The van der Waals surface area contributed by atoms with Gasteiger partial charge in [-0.3, -0.25) is 4.79 Å². The number of carbonyl (C=O) groups is 1. The Kier molecular flexibility index (Phi) is 4.76. The average molecular weight is 267 g/mol. The lowest BCUT2D eigenvalue weighted by Gasteiger charge is -2.21. The first-order valence-electron chi connectivity index (χ1n) is 6.73. The predicted molar refractivity (Wildman–Crippen MR) is 76.7 cm³/mol. The number of carbonyl (C=O) groups excluding carboxylic acids is 1. The lowest BCUT2D eigenvalue weighted by molar-refractivity contribution is 0.0746. The van der Waals surface area contributed by atoms with Crippen LogP contribution in [-0.4, -0.2) is 29.9 Å². The topological polar surface area (TPSA) is 70.1 Å². The van der Waals surface area contributed by atoms with Gasteiger partial charge in [-0.25, -0.2) is 0 Å². The Morgan fingerprint density at radius 1 is 1.40 bits per heavy atom. The summed E-state index contributed by atoms with van der Waals surface area (Å²) in [5, 5.41) is 8.72. The molecule has 0 saturated heterocycles. The second kappa shape index (κ2) is 6.75. The highest BCUT2D eigenvalue weighted by molar-refractivity contribution is 5.97. The van der Waals surface area contributed by atoms with Crippen LogP contribution in [0.3, 0.4) is 0 Å². The van der Waals surface area contributed by atoms with Crippen LogP contribution in [0.15, 0.2) is 24.3 Å². The molecule has 1 fully saturated rings. The van der Waals surface area contributed by atoms with Crippen molar-refractivity contribution in [3.05, 3.63) is 35.4 Å². The number of nitriles is 1. The molecule has 0 bridgehead atoms. The normalized spacial score (nSPS) is 13.0. The highest BCUT2D eigenvalue weighted by Gasteiger charge is 2.33. The van der Waals surface area contributed by atoms with Gasteiger partial charge < -0.3 is 10.6 Å². The Morgan fingerprint density at radius 3 is 2.80 bits per heavy atom. The van der Waals surface area contributed by atoms with Gasteiger partial charge in [-0.05, 0) is 25.0 Å². The molecular formula is C16H17N3O. The van der Waals surface area contributed by atoms with E-state index in [0.717, 1.165) is 12.8 Å². The van der Waals surface area contributed by atoms with Crippen LogP contribution in [0, 0.1) is 23.2 Å². The fourth-order valence-corrected chi connectivity index (χ4v) is 2.09. The second-order valence-electron chi connectivity index (χ2n) is 4.69. The molecule has 0 spiro atoms. The standard InChI is InChI=1S/C16H17N3O/c17-10-3-6-13-5-1-2-7-15(13)16(20)19(12-4-11-18)14-8-9-14/h1-2,5,7,14H,4,8-10,12,17H2. The molecule has 0 aliphatic heterocycles. The minimum atomic E-state index is -0.0373. The maximum absolute atomic E-state index is 12.6.